The number of benzene rings is 2. The van der Waals surface area contributed by atoms with Crippen LogP contribution in [0.3, 0.4) is 0 Å². The zero-order valence-corrected chi connectivity index (χ0v) is 22.7. The lowest BCUT2D eigenvalue weighted by Gasteiger charge is -2.36. The molecular weight excluding hydrogens is 506 g/mol. The molecule has 1 atom stereocenters. The van der Waals surface area contributed by atoms with Gasteiger partial charge in [0.15, 0.2) is 5.78 Å². The third-order valence-electron chi connectivity index (χ3n) is 5.30. The van der Waals surface area contributed by atoms with Crippen LogP contribution in [0.15, 0.2) is 64.8 Å². The summed E-state index contributed by atoms with van der Waals surface area (Å²) >= 11 is 0. The summed E-state index contributed by atoms with van der Waals surface area (Å²) in [5.74, 6) is 0.653. The van der Waals surface area contributed by atoms with Gasteiger partial charge in [-0.3, -0.25) is 13.9 Å². The van der Waals surface area contributed by atoms with E-state index < -0.39 is 32.0 Å². The Labute approximate surface area is 211 Å². The minimum absolute atomic E-state index is 0.00964. The second-order valence-electron chi connectivity index (χ2n) is 7.68. The number of carbonyl (C=O) groups is 1. The number of azo groups is 1. The predicted molar refractivity (Wildman–Crippen MR) is 135 cm³/mol. The monoisotopic (exact) mass is 538 g/mol. The molecule has 0 saturated carbocycles. The van der Waals surface area contributed by atoms with Gasteiger partial charge in [-0.2, -0.15) is 10.2 Å². The highest BCUT2D eigenvalue weighted by molar-refractivity contribution is 7.74. The number of carbonyl (C=O) groups excluding carboxylic acids is 1. The van der Waals surface area contributed by atoms with E-state index in [1.54, 1.807) is 64.1 Å². The Morgan fingerprint density at radius 1 is 0.833 bits per heavy atom. The van der Waals surface area contributed by atoms with Crippen LogP contribution in [0.5, 0.6) is 11.5 Å². The van der Waals surface area contributed by atoms with Crippen LogP contribution in [-0.4, -0.2) is 43.3 Å². The fourth-order valence-corrected chi connectivity index (χ4v) is 9.17. The van der Waals surface area contributed by atoms with E-state index >= 15 is 0 Å². The Balaban J connectivity index is 1.97. The molecule has 3 rings (SSSR count). The fourth-order valence-electron chi connectivity index (χ4n) is 3.83. The molecule has 0 amide bonds. The maximum absolute atomic E-state index is 14.0. The standard InChI is InChI=1S/C24H32N2O8P2/c1-5-30-35(28,31-6-2)24(36(29,32-7-3)33-8-4)18-22(25-26-24)23(27)19-13-12-16-21(17-19)34-20-14-10-9-11-15-20/h9-17,22H,5-8,18H2,1-4H3. The van der Waals surface area contributed by atoms with Crippen LogP contribution in [-0.2, 0) is 27.2 Å². The maximum atomic E-state index is 14.0. The Bertz CT molecular complexity index is 1110. The predicted octanol–water partition coefficient (Wildman–Crippen LogP) is 7.07. The molecule has 0 bridgehead atoms. The number of ketones is 1. The Morgan fingerprint density at radius 3 is 1.89 bits per heavy atom. The molecule has 0 aliphatic carbocycles. The van der Waals surface area contributed by atoms with Crippen molar-refractivity contribution in [2.75, 3.05) is 26.4 Å². The van der Waals surface area contributed by atoms with Gasteiger partial charge in [0, 0.05) is 12.0 Å². The molecule has 0 fully saturated rings. The number of rotatable bonds is 14. The van der Waals surface area contributed by atoms with Crippen molar-refractivity contribution < 1.29 is 36.8 Å². The number of nitrogens with zero attached hydrogens (tertiary/aromatic N) is 2. The van der Waals surface area contributed by atoms with Crippen LogP contribution < -0.4 is 4.74 Å². The summed E-state index contributed by atoms with van der Waals surface area (Å²) in [6.07, 6.45) is -0.329. The quantitative estimate of drug-likeness (QED) is 0.185. The smallest absolute Gasteiger partial charge is 0.372 e. The first-order valence-electron chi connectivity index (χ1n) is 11.9. The summed E-state index contributed by atoms with van der Waals surface area (Å²) in [6, 6.07) is 14.6. The highest BCUT2D eigenvalue weighted by atomic mass is 31.2. The highest BCUT2D eigenvalue weighted by Gasteiger charge is 2.69. The number of ether oxygens (including phenoxy) is 1. The molecule has 10 nitrogen and oxygen atoms in total. The van der Waals surface area contributed by atoms with Gasteiger partial charge in [0.1, 0.15) is 17.5 Å². The SMILES string of the molecule is CCOP(=O)(OCC)C1(P(=O)(OCC)OCC)CC(C(=O)c2cccc(Oc3ccccc3)c2)N=N1. The number of Topliss-reactive ketones (excluding diaryl/α,β-unsaturated/α-hetero) is 1. The van der Waals surface area contributed by atoms with E-state index in [0.29, 0.717) is 17.1 Å². The van der Waals surface area contributed by atoms with E-state index in [1.807, 2.05) is 18.2 Å². The molecule has 0 spiro atoms. The minimum Gasteiger partial charge on any atom is -0.457 e. The highest BCUT2D eigenvalue weighted by Crippen LogP contribution is 2.81. The summed E-state index contributed by atoms with van der Waals surface area (Å²) < 4.78 is 56.0. The third-order valence-corrected chi connectivity index (χ3v) is 11.5. The molecule has 12 heteroatoms. The van der Waals surface area contributed by atoms with E-state index in [1.165, 1.54) is 0 Å². The van der Waals surface area contributed by atoms with Crippen LogP contribution in [0.4, 0.5) is 0 Å². The molecule has 1 aliphatic rings. The molecular formula is C24H32N2O8P2. The van der Waals surface area contributed by atoms with Crippen molar-refractivity contribution in [3.8, 4) is 11.5 Å². The van der Waals surface area contributed by atoms with Gasteiger partial charge in [-0.15, -0.1) is 0 Å². The lowest BCUT2D eigenvalue weighted by molar-refractivity contribution is 0.0959. The Hall–Kier alpha value is -2.19. The van der Waals surface area contributed by atoms with Gasteiger partial charge < -0.3 is 22.8 Å². The van der Waals surface area contributed by atoms with Gasteiger partial charge in [-0.05, 0) is 52.0 Å². The lowest BCUT2D eigenvalue weighted by Crippen LogP contribution is -2.33. The van der Waals surface area contributed by atoms with Crippen molar-refractivity contribution in [2.45, 2.75) is 45.2 Å². The molecule has 1 unspecified atom stereocenters. The molecule has 36 heavy (non-hydrogen) atoms. The van der Waals surface area contributed by atoms with E-state index in [-0.39, 0.29) is 32.8 Å². The summed E-state index contributed by atoms with van der Waals surface area (Å²) in [4.78, 5) is 13.5. The lowest BCUT2D eigenvalue weighted by atomic mass is 10.0. The van der Waals surface area contributed by atoms with Crippen LogP contribution in [0.25, 0.3) is 0 Å². The second kappa shape index (κ2) is 12.4. The average molecular weight is 538 g/mol. The molecule has 196 valence electrons. The van der Waals surface area contributed by atoms with E-state index in [0.717, 1.165) is 0 Å². The molecule has 0 N–H and O–H groups in total. The molecule has 0 aromatic heterocycles. The van der Waals surface area contributed by atoms with Crippen molar-refractivity contribution in [1.82, 2.24) is 0 Å². The number of hydrogen-bond donors (Lipinski definition) is 0. The van der Waals surface area contributed by atoms with Gasteiger partial charge in [-0.1, -0.05) is 30.3 Å². The minimum atomic E-state index is -4.25. The summed E-state index contributed by atoms with van der Waals surface area (Å²) in [5.41, 5.74) is 0.300. The fraction of sp³-hybridized carbons (Fsp3) is 0.458. The Morgan fingerprint density at radius 2 is 1.36 bits per heavy atom. The second-order valence-corrected chi connectivity index (χ2v) is 12.5. The van der Waals surface area contributed by atoms with E-state index in [9.17, 15) is 13.9 Å². The first-order valence-corrected chi connectivity index (χ1v) is 14.9. The molecule has 0 radical (unpaired) electrons. The molecule has 1 heterocycles. The zero-order chi connectivity index (χ0) is 26.2. The van der Waals surface area contributed by atoms with Gasteiger partial charge in [0.2, 0.25) is 0 Å². The van der Waals surface area contributed by atoms with Crippen LogP contribution >= 0.6 is 15.2 Å². The van der Waals surface area contributed by atoms with Crippen LogP contribution in [0, 0.1) is 0 Å². The normalized spacial score (nSPS) is 17.3. The first kappa shape index (κ1) is 28.4. The van der Waals surface area contributed by atoms with Gasteiger partial charge in [-0.25, -0.2) is 0 Å². The molecule has 2 aromatic carbocycles. The van der Waals surface area contributed by atoms with Gasteiger partial charge in [0.05, 0.1) is 26.4 Å². The van der Waals surface area contributed by atoms with Crippen molar-refractivity contribution in [3.05, 3.63) is 60.2 Å². The van der Waals surface area contributed by atoms with Crippen molar-refractivity contribution in [3.63, 3.8) is 0 Å². The van der Waals surface area contributed by atoms with Crippen molar-refractivity contribution in [1.29, 1.82) is 0 Å². The van der Waals surface area contributed by atoms with Gasteiger partial charge >= 0.3 is 15.2 Å². The van der Waals surface area contributed by atoms with Crippen molar-refractivity contribution >= 4 is 21.0 Å². The first-order chi connectivity index (χ1) is 17.3. The molecule has 2 aromatic rings. The molecule has 1 aliphatic heterocycles. The average Bonchev–Trinajstić information content (AvgIpc) is 3.33. The third kappa shape index (κ3) is 5.70. The number of hydrogen-bond acceptors (Lipinski definition) is 10. The maximum Gasteiger partial charge on any atom is 0.372 e. The van der Waals surface area contributed by atoms with E-state index in [4.69, 9.17) is 22.8 Å². The van der Waals surface area contributed by atoms with Crippen LogP contribution in [0.1, 0.15) is 44.5 Å². The summed E-state index contributed by atoms with van der Waals surface area (Å²) in [7, 11) is -8.51. The molecule has 0 saturated heterocycles. The largest absolute Gasteiger partial charge is 0.457 e. The zero-order valence-electron chi connectivity index (χ0n) is 20.9. The summed E-state index contributed by atoms with van der Waals surface area (Å²) in [5, 5.41) is 6.15. The van der Waals surface area contributed by atoms with Gasteiger partial charge in [0.25, 0.3) is 5.02 Å². The van der Waals surface area contributed by atoms with Crippen molar-refractivity contribution in [2.24, 2.45) is 10.2 Å². The topological polar surface area (TPSA) is 122 Å². The summed E-state index contributed by atoms with van der Waals surface area (Å²) in [6.45, 7) is 6.46. The number of para-hydroxylation sites is 1. The Kier molecular flexibility index (Phi) is 9.75. The van der Waals surface area contributed by atoms with E-state index in [2.05, 4.69) is 10.2 Å². The van der Waals surface area contributed by atoms with Crippen LogP contribution in [0.2, 0.25) is 0 Å².